The summed E-state index contributed by atoms with van der Waals surface area (Å²) < 4.78 is 5.04. The molecule has 1 aliphatic rings. The smallest absolute Gasteiger partial charge is 0.261 e. The number of aromatic nitrogens is 1. The average Bonchev–Trinajstić information content (AvgIpc) is 3.05. The second-order valence-corrected chi connectivity index (χ2v) is 7.35. The molecule has 2 aromatic rings. The summed E-state index contributed by atoms with van der Waals surface area (Å²) in [4.78, 5) is 25.7. The van der Waals surface area contributed by atoms with Crippen LogP contribution in [0.4, 0.5) is 5.00 Å². The molecule has 128 valence electrons. The number of primary amides is 1. The van der Waals surface area contributed by atoms with Crippen molar-refractivity contribution in [3.8, 4) is 0 Å². The van der Waals surface area contributed by atoms with Crippen molar-refractivity contribution in [2.75, 3.05) is 5.32 Å². The first-order valence-electron chi connectivity index (χ1n) is 8.10. The number of aryl methyl sites for hydroxylation is 2. The lowest BCUT2D eigenvalue weighted by molar-refractivity contribution is 0.1000. The van der Waals surface area contributed by atoms with Gasteiger partial charge >= 0.3 is 0 Å². The van der Waals surface area contributed by atoms with Crippen LogP contribution in [0.2, 0.25) is 0 Å². The van der Waals surface area contributed by atoms with E-state index in [2.05, 4.69) is 17.4 Å². The van der Waals surface area contributed by atoms with Gasteiger partial charge in [0.25, 0.3) is 11.8 Å². The highest BCUT2D eigenvalue weighted by atomic mass is 32.1. The lowest BCUT2D eigenvalue weighted by Crippen LogP contribution is -2.20. The first-order chi connectivity index (χ1) is 11.4. The van der Waals surface area contributed by atoms with Crippen molar-refractivity contribution >= 4 is 28.2 Å². The summed E-state index contributed by atoms with van der Waals surface area (Å²) >= 11 is 1.46. The van der Waals surface area contributed by atoms with Crippen LogP contribution >= 0.6 is 11.3 Å². The summed E-state index contributed by atoms with van der Waals surface area (Å²) in [5, 5.41) is 7.18. The molecule has 2 heterocycles. The SMILES string of the molecule is CC[C@H]1CCc2c(sc(NC(=O)c3c(C)noc3C)c2C(N)=O)C1. The Morgan fingerprint density at radius 3 is 2.71 bits per heavy atom. The topological polar surface area (TPSA) is 98.2 Å². The number of hydrogen-bond donors (Lipinski definition) is 2. The normalized spacial score (nSPS) is 16.7. The minimum Gasteiger partial charge on any atom is -0.365 e. The highest BCUT2D eigenvalue weighted by molar-refractivity contribution is 7.17. The van der Waals surface area contributed by atoms with Crippen LogP contribution in [-0.4, -0.2) is 17.0 Å². The Labute approximate surface area is 144 Å². The van der Waals surface area contributed by atoms with E-state index in [0.29, 0.717) is 33.5 Å². The number of nitrogens with one attached hydrogen (secondary N) is 1. The monoisotopic (exact) mass is 347 g/mol. The van der Waals surface area contributed by atoms with E-state index in [1.807, 2.05) is 0 Å². The summed E-state index contributed by atoms with van der Waals surface area (Å²) in [5.74, 6) is 0.275. The number of nitrogens with two attached hydrogens (primary N) is 1. The largest absolute Gasteiger partial charge is 0.365 e. The van der Waals surface area contributed by atoms with E-state index < -0.39 is 5.91 Å². The Hall–Kier alpha value is -2.15. The standard InChI is InChI=1S/C17H21N3O3S/c1-4-10-5-6-11-12(7-10)24-17(14(11)15(18)21)19-16(22)13-8(2)20-23-9(13)3/h10H,4-7H2,1-3H3,(H2,18,21)(H,19,22)/t10-/m0/s1. The molecular formula is C17H21N3O3S. The molecule has 0 bridgehead atoms. The van der Waals surface area contributed by atoms with Crippen molar-refractivity contribution in [1.29, 1.82) is 0 Å². The Morgan fingerprint density at radius 2 is 2.12 bits per heavy atom. The number of carbonyl (C=O) groups excluding carboxylic acids is 2. The van der Waals surface area contributed by atoms with Gasteiger partial charge in [-0.2, -0.15) is 0 Å². The van der Waals surface area contributed by atoms with Gasteiger partial charge < -0.3 is 15.6 Å². The third-order valence-corrected chi connectivity index (χ3v) is 5.85. The Balaban J connectivity index is 1.95. The highest BCUT2D eigenvalue weighted by Gasteiger charge is 2.29. The van der Waals surface area contributed by atoms with E-state index >= 15 is 0 Å². The zero-order valence-corrected chi connectivity index (χ0v) is 14.9. The molecule has 0 spiro atoms. The molecule has 0 unspecified atom stereocenters. The second kappa shape index (κ2) is 6.39. The van der Waals surface area contributed by atoms with Gasteiger partial charge in [-0.3, -0.25) is 9.59 Å². The van der Waals surface area contributed by atoms with Crippen molar-refractivity contribution < 1.29 is 14.1 Å². The van der Waals surface area contributed by atoms with Crippen molar-refractivity contribution in [2.24, 2.45) is 11.7 Å². The van der Waals surface area contributed by atoms with E-state index in [-0.39, 0.29) is 5.91 Å². The van der Waals surface area contributed by atoms with Crippen molar-refractivity contribution in [3.05, 3.63) is 33.0 Å². The van der Waals surface area contributed by atoms with E-state index in [1.165, 1.54) is 11.3 Å². The Bertz CT molecular complexity index is 787. The molecule has 0 aliphatic heterocycles. The number of fused-ring (bicyclic) bond motifs is 1. The molecule has 3 rings (SSSR count). The van der Waals surface area contributed by atoms with Crippen LogP contribution in [-0.2, 0) is 12.8 Å². The van der Waals surface area contributed by atoms with Gasteiger partial charge in [-0.05, 0) is 44.6 Å². The van der Waals surface area contributed by atoms with Gasteiger partial charge in [-0.15, -0.1) is 11.3 Å². The van der Waals surface area contributed by atoms with Gasteiger partial charge in [0.05, 0.1) is 11.3 Å². The fraction of sp³-hybridized carbons (Fsp3) is 0.471. The number of hydrogen-bond acceptors (Lipinski definition) is 5. The molecule has 0 fully saturated rings. The quantitative estimate of drug-likeness (QED) is 0.887. The molecule has 3 N–H and O–H groups in total. The van der Waals surface area contributed by atoms with Gasteiger partial charge in [-0.1, -0.05) is 18.5 Å². The second-order valence-electron chi connectivity index (χ2n) is 6.24. The number of anilines is 1. The summed E-state index contributed by atoms with van der Waals surface area (Å²) in [6.45, 7) is 5.58. The molecule has 7 heteroatoms. The van der Waals surface area contributed by atoms with Crippen molar-refractivity contribution in [2.45, 2.75) is 46.5 Å². The molecular weight excluding hydrogens is 326 g/mol. The van der Waals surface area contributed by atoms with Crippen molar-refractivity contribution in [1.82, 2.24) is 5.16 Å². The highest BCUT2D eigenvalue weighted by Crippen LogP contribution is 2.40. The van der Waals surface area contributed by atoms with Crippen LogP contribution in [0.1, 0.15) is 62.4 Å². The number of amides is 2. The average molecular weight is 347 g/mol. The lowest BCUT2D eigenvalue weighted by Gasteiger charge is -2.20. The van der Waals surface area contributed by atoms with Crippen molar-refractivity contribution in [3.63, 3.8) is 0 Å². The molecule has 0 saturated carbocycles. The van der Waals surface area contributed by atoms with E-state index in [0.717, 1.165) is 36.1 Å². The predicted octanol–water partition coefficient (Wildman–Crippen LogP) is 3.22. The molecule has 6 nitrogen and oxygen atoms in total. The first kappa shape index (κ1) is 16.7. The molecule has 0 saturated heterocycles. The number of carbonyl (C=O) groups is 2. The molecule has 2 amide bonds. The maximum atomic E-state index is 12.6. The minimum atomic E-state index is -0.489. The predicted molar refractivity (Wildman–Crippen MR) is 92.6 cm³/mol. The number of nitrogens with zero attached hydrogens (tertiary/aromatic N) is 1. The maximum absolute atomic E-state index is 12.6. The van der Waals surface area contributed by atoms with E-state index in [9.17, 15) is 9.59 Å². The Morgan fingerprint density at radius 1 is 1.38 bits per heavy atom. The van der Waals surface area contributed by atoms with Crippen LogP contribution < -0.4 is 11.1 Å². The fourth-order valence-electron chi connectivity index (χ4n) is 3.32. The van der Waals surface area contributed by atoms with Gasteiger partial charge in [0.1, 0.15) is 16.3 Å². The molecule has 1 aliphatic carbocycles. The number of thiophene rings is 1. The minimum absolute atomic E-state index is 0.320. The Kier molecular flexibility index (Phi) is 4.45. The third kappa shape index (κ3) is 2.84. The zero-order chi connectivity index (χ0) is 17.4. The van der Waals surface area contributed by atoms with Gasteiger partial charge in [-0.25, -0.2) is 0 Å². The van der Waals surface area contributed by atoms with E-state index in [1.54, 1.807) is 13.8 Å². The van der Waals surface area contributed by atoms with Crippen LogP contribution in [0.15, 0.2) is 4.52 Å². The van der Waals surface area contributed by atoms with Gasteiger partial charge in [0, 0.05) is 4.88 Å². The molecule has 0 radical (unpaired) electrons. The molecule has 2 aromatic heterocycles. The first-order valence-corrected chi connectivity index (χ1v) is 8.92. The van der Waals surface area contributed by atoms with Gasteiger partial charge in [0.15, 0.2) is 0 Å². The summed E-state index contributed by atoms with van der Waals surface area (Å²) in [6.07, 6.45) is 3.95. The van der Waals surface area contributed by atoms with Gasteiger partial charge in [0.2, 0.25) is 0 Å². The van der Waals surface area contributed by atoms with E-state index in [4.69, 9.17) is 10.3 Å². The molecule has 24 heavy (non-hydrogen) atoms. The lowest BCUT2D eigenvalue weighted by atomic mass is 9.85. The maximum Gasteiger partial charge on any atom is 0.261 e. The fourth-order valence-corrected chi connectivity index (χ4v) is 4.69. The number of rotatable bonds is 4. The van der Waals surface area contributed by atoms with Crippen LogP contribution in [0, 0.1) is 19.8 Å². The third-order valence-electron chi connectivity index (χ3n) is 4.68. The molecule has 1 atom stereocenters. The summed E-state index contributed by atoms with van der Waals surface area (Å²) in [7, 11) is 0. The summed E-state index contributed by atoms with van der Waals surface area (Å²) in [6, 6.07) is 0. The molecule has 0 aromatic carbocycles. The zero-order valence-electron chi connectivity index (χ0n) is 14.1. The van der Waals surface area contributed by atoms with Crippen LogP contribution in [0.3, 0.4) is 0 Å². The van der Waals surface area contributed by atoms with Crippen LogP contribution in [0.5, 0.6) is 0 Å². The van der Waals surface area contributed by atoms with Crippen LogP contribution in [0.25, 0.3) is 0 Å². The summed E-state index contributed by atoms with van der Waals surface area (Å²) in [5.41, 5.74) is 7.99.